The Labute approximate surface area is 136 Å². The molecule has 0 aromatic carbocycles. The maximum absolute atomic E-state index is 11.8. The number of halogens is 2. The maximum atomic E-state index is 11.8. The van der Waals surface area contributed by atoms with Crippen LogP contribution in [0.25, 0.3) is 0 Å². The molecule has 22 heavy (non-hydrogen) atoms. The van der Waals surface area contributed by atoms with Crippen molar-refractivity contribution >= 4 is 34.3 Å². The van der Waals surface area contributed by atoms with Gasteiger partial charge in [-0.05, 0) is 23.8 Å². The summed E-state index contributed by atoms with van der Waals surface area (Å²) in [7, 11) is 1.30. The van der Waals surface area contributed by atoms with Crippen LogP contribution in [0.2, 0.25) is 5.15 Å². The summed E-state index contributed by atoms with van der Waals surface area (Å²) in [4.78, 5) is 24.2. The monoisotopic (exact) mass is 338 g/mol. The zero-order valence-electron chi connectivity index (χ0n) is 11.6. The summed E-state index contributed by atoms with van der Waals surface area (Å²) in [5, 5.41) is 3.43. The molecule has 0 fully saturated rings. The Morgan fingerprint density at radius 3 is 2.86 bits per heavy atom. The predicted molar refractivity (Wildman–Crippen MR) is 83.6 cm³/mol. The van der Waals surface area contributed by atoms with Gasteiger partial charge in [0, 0.05) is 12.4 Å². The number of oxime groups is 1. The van der Waals surface area contributed by atoms with Gasteiger partial charge in [-0.3, -0.25) is 4.79 Å². The van der Waals surface area contributed by atoms with Crippen LogP contribution in [0, 0.1) is 0 Å². The van der Waals surface area contributed by atoms with E-state index >= 15 is 0 Å². The van der Waals surface area contributed by atoms with Gasteiger partial charge in [0.1, 0.15) is 17.8 Å². The third-order valence-corrected chi connectivity index (χ3v) is 3.08. The third-order valence-electron chi connectivity index (χ3n) is 2.62. The van der Waals surface area contributed by atoms with Crippen molar-refractivity contribution in [3.05, 3.63) is 58.9 Å². The first-order valence-corrected chi connectivity index (χ1v) is 6.97. The number of nitrogens with zero attached hydrogens (tertiary/aromatic N) is 4. The van der Waals surface area contributed by atoms with E-state index in [-0.39, 0.29) is 5.17 Å². The molecular formula is C14H12Cl2N4O2. The summed E-state index contributed by atoms with van der Waals surface area (Å²) in [6.45, 7) is 0.482. The van der Waals surface area contributed by atoms with Gasteiger partial charge in [-0.2, -0.15) is 4.99 Å². The van der Waals surface area contributed by atoms with Crippen molar-refractivity contribution < 1.29 is 9.63 Å². The molecule has 0 bridgehead atoms. The number of hydrogen-bond acceptors (Lipinski definition) is 4. The van der Waals surface area contributed by atoms with Gasteiger partial charge in [0.2, 0.25) is 5.17 Å². The standard InChI is InChI=1S/C14H12Cl2N4O2/c1-22-19-13(16)14(21)18-12-4-2-3-7-20(12)9-10-5-6-11(15)17-8-10/h2-8H,9H2,1H3/b18-12+,19-13-. The van der Waals surface area contributed by atoms with Gasteiger partial charge in [0.25, 0.3) is 0 Å². The maximum Gasteiger partial charge on any atom is 0.312 e. The molecule has 0 N–H and O–H groups in total. The summed E-state index contributed by atoms with van der Waals surface area (Å²) in [5.41, 5.74) is 1.35. The van der Waals surface area contributed by atoms with Gasteiger partial charge in [-0.1, -0.05) is 40.5 Å². The molecule has 0 radical (unpaired) electrons. The largest absolute Gasteiger partial charge is 0.398 e. The minimum atomic E-state index is -0.683. The van der Waals surface area contributed by atoms with Crippen molar-refractivity contribution in [1.29, 1.82) is 0 Å². The highest BCUT2D eigenvalue weighted by molar-refractivity contribution is 6.82. The lowest BCUT2D eigenvalue weighted by Crippen LogP contribution is -2.23. The number of carbonyl (C=O) groups excluding carboxylic acids is 1. The Hall–Kier alpha value is -2.18. The number of rotatable bonds is 4. The lowest BCUT2D eigenvalue weighted by Gasteiger charge is -2.07. The topological polar surface area (TPSA) is 68.8 Å². The van der Waals surface area contributed by atoms with Crippen LogP contribution in [0.3, 0.4) is 0 Å². The fourth-order valence-corrected chi connectivity index (χ4v) is 1.89. The zero-order chi connectivity index (χ0) is 15.9. The Kier molecular flexibility index (Phi) is 5.68. The fraction of sp³-hybridized carbons (Fsp3) is 0.143. The molecule has 2 heterocycles. The Bertz CT molecular complexity index is 754. The Balaban J connectivity index is 2.32. The quantitative estimate of drug-likeness (QED) is 0.487. The fourth-order valence-electron chi connectivity index (χ4n) is 1.67. The molecule has 1 amide bonds. The molecule has 0 atom stereocenters. The van der Waals surface area contributed by atoms with E-state index in [1.807, 2.05) is 12.1 Å². The molecule has 2 aromatic rings. The highest BCUT2D eigenvalue weighted by Crippen LogP contribution is 2.06. The van der Waals surface area contributed by atoms with E-state index in [0.717, 1.165) is 5.56 Å². The van der Waals surface area contributed by atoms with E-state index in [4.69, 9.17) is 23.2 Å². The van der Waals surface area contributed by atoms with E-state index in [2.05, 4.69) is 20.0 Å². The van der Waals surface area contributed by atoms with Gasteiger partial charge in [0.15, 0.2) is 0 Å². The minimum Gasteiger partial charge on any atom is -0.398 e. The van der Waals surface area contributed by atoms with Gasteiger partial charge in [0.05, 0.1) is 6.54 Å². The van der Waals surface area contributed by atoms with E-state index < -0.39 is 5.91 Å². The van der Waals surface area contributed by atoms with E-state index in [0.29, 0.717) is 17.2 Å². The number of aromatic nitrogens is 2. The van der Waals surface area contributed by atoms with E-state index in [9.17, 15) is 4.79 Å². The second kappa shape index (κ2) is 7.72. The molecule has 0 saturated heterocycles. The summed E-state index contributed by atoms with van der Waals surface area (Å²) in [6.07, 6.45) is 3.45. The molecule has 0 aliphatic heterocycles. The molecule has 114 valence electrons. The van der Waals surface area contributed by atoms with Crippen LogP contribution in [0.15, 0.2) is 52.9 Å². The van der Waals surface area contributed by atoms with Gasteiger partial charge in [-0.15, -0.1) is 0 Å². The average Bonchev–Trinajstić information content (AvgIpc) is 2.51. The molecule has 0 spiro atoms. The number of pyridine rings is 2. The van der Waals surface area contributed by atoms with Crippen LogP contribution >= 0.6 is 23.2 Å². The van der Waals surface area contributed by atoms with Crippen LogP contribution in [0.1, 0.15) is 5.56 Å². The Morgan fingerprint density at radius 2 is 2.18 bits per heavy atom. The average molecular weight is 339 g/mol. The van der Waals surface area contributed by atoms with Crippen molar-refractivity contribution in [1.82, 2.24) is 9.55 Å². The molecule has 6 nitrogen and oxygen atoms in total. The second-order valence-electron chi connectivity index (χ2n) is 4.16. The summed E-state index contributed by atoms with van der Waals surface area (Å²) >= 11 is 11.4. The van der Waals surface area contributed by atoms with Crippen molar-refractivity contribution in [3.8, 4) is 0 Å². The van der Waals surface area contributed by atoms with Crippen LogP contribution in [-0.4, -0.2) is 27.7 Å². The summed E-state index contributed by atoms with van der Waals surface area (Å²) < 4.78 is 1.78. The summed E-state index contributed by atoms with van der Waals surface area (Å²) in [6, 6.07) is 8.84. The van der Waals surface area contributed by atoms with Crippen molar-refractivity contribution in [2.45, 2.75) is 6.54 Å². The van der Waals surface area contributed by atoms with Crippen molar-refractivity contribution in [2.24, 2.45) is 10.1 Å². The van der Waals surface area contributed by atoms with E-state index in [1.165, 1.54) is 7.11 Å². The lowest BCUT2D eigenvalue weighted by molar-refractivity contribution is -0.112. The third kappa shape index (κ3) is 4.41. The molecule has 2 rings (SSSR count). The molecule has 0 aliphatic rings. The molecule has 0 saturated carbocycles. The van der Waals surface area contributed by atoms with Crippen molar-refractivity contribution in [3.63, 3.8) is 0 Å². The first-order valence-electron chi connectivity index (χ1n) is 6.22. The SMILES string of the molecule is CO/N=C(\Cl)C(=O)/N=c1\ccccn1Cc1ccc(Cl)nc1. The number of carbonyl (C=O) groups is 1. The minimum absolute atomic E-state index is 0.342. The molecular weight excluding hydrogens is 327 g/mol. The van der Waals surface area contributed by atoms with Crippen LogP contribution in [0.5, 0.6) is 0 Å². The van der Waals surface area contributed by atoms with Crippen LogP contribution in [-0.2, 0) is 16.2 Å². The number of amides is 1. The van der Waals surface area contributed by atoms with Gasteiger partial charge >= 0.3 is 5.91 Å². The van der Waals surface area contributed by atoms with Crippen LogP contribution in [0.4, 0.5) is 0 Å². The molecule has 0 unspecified atom stereocenters. The predicted octanol–water partition coefficient (Wildman–Crippen LogP) is 2.21. The molecule has 2 aromatic heterocycles. The zero-order valence-corrected chi connectivity index (χ0v) is 13.1. The molecule has 0 aliphatic carbocycles. The normalized spacial score (nSPS) is 12.3. The van der Waals surface area contributed by atoms with Crippen LogP contribution < -0.4 is 5.49 Å². The number of hydrogen-bond donors (Lipinski definition) is 0. The highest BCUT2D eigenvalue weighted by atomic mass is 35.5. The smallest absolute Gasteiger partial charge is 0.312 e. The van der Waals surface area contributed by atoms with Gasteiger partial charge in [-0.25, -0.2) is 4.98 Å². The highest BCUT2D eigenvalue weighted by Gasteiger charge is 2.08. The molecule has 8 heteroatoms. The van der Waals surface area contributed by atoms with E-state index in [1.54, 1.807) is 35.2 Å². The first kappa shape index (κ1) is 16.2. The lowest BCUT2D eigenvalue weighted by atomic mass is 10.3. The summed E-state index contributed by atoms with van der Waals surface area (Å²) in [5.74, 6) is -0.683. The van der Waals surface area contributed by atoms with Crippen molar-refractivity contribution in [2.75, 3.05) is 7.11 Å². The first-order chi connectivity index (χ1) is 10.6. The second-order valence-corrected chi connectivity index (χ2v) is 4.90. The van der Waals surface area contributed by atoms with Gasteiger partial charge < -0.3 is 9.40 Å². The Morgan fingerprint density at radius 1 is 1.36 bits per heavy atom.